The highest BCUT2D eigenvalue weighted by Gasteiger charge is 2.22. The first-order valence-corrected chi connectivity index (χ1v) is 8.52. The Kier molecular flexibility index (Phi) is 7.57. The van der Waals surface area contributed by atoms with Crippen LogP contribution in [0, 0.1) is 5.92 Å². The number of aldehydes is 1. The number of carbonyl (C=O) groups excluding carboxylic acids is 2. The molecule has 1 heterocycles. The molecule has 1 atom stereocenters. The lowest BCUT2D eigenvalue weighted by Gasteiger charge is -2.31. The molecule has 0 aliphatic carbocycles. The Labute approximate surface area is 131 Å². The van der Waals surface area contributed by atoms with Crippen LogP contribution in [0.2, 0.25) is 0 Å². The molecule has 0 aliphatic rings. The van der Waals surface area contributed by atoms with Crippen LogP contribution in [0.5, 0.6) is 0 Å². The lowest BCUT2D eigenvalue weighted by atomic mass is 9.97. The third-order valence-corrected chi connectivity index (χ3v) is 4.68. The first kappa shape index (κ1) is 17.8. The van der Waals surface area contributed by atoms with Crippen LogP contribution in [0.15, 0.2) is 5.38 Å². The standard InChI is InChI=1S/C16H26N2O2S/c1-5-6-7-16(20)18(4)14(12(2)3)8-9-15-17-13(10-19)11-21-15/h10-12,14H,5-9H2,1-4H3. The van der Waals surface area contributed by atoms with Crippen molar-refractivity contribution in [2.24, 2.45) is 5.92 Å². The van der Waals surface area contributed by atoms with Gasteiger partial charge in [-0.25, -0.2) is 4.98 Å². The molecular formula is C16H26N2O2S. The number of thiazole rings is 1. The maximum absolute atomic E-state index is 12.2. The Balaban J connectivity index is 2.60. The zero-order valence-corrected chi connectivity index (χ0v) is 14.3. The molecule has 0 radical (unpaired) electrons. The van der Waals surface area contributed by atoms with Crippen LogP contribution in [0.4, 0.5) is 0 Å². The zero-order chi connectivity index (χ0) is 15.8. The van der Waals surface area contributed by atoms with Gasteiger partial charge in [-0.2, -0.15) is 0 Å². The Morgan fingerprint density at radius 1 is 1.48 bits per heavy atom. The van der Waals surface area contributed by atoms with Crippen molar-refractivity contribution in [1.29, 1.82) is 0 Å². The number of hydrogen-bond donors (Lipinski definition) is 0. The molecule has 5 heteroatoms. The molecule has 0 saturated heterocycles. The van der Waals surface area contributed by atoms with Crippen molar-refractivity contribution in [2.75, 3.05) is 7.05 Å². The molecule has 118 valence electrons. The summed E-state index contributed by atoms with van der Waals surface area (Å²) in [6.45, 7) is 6.39. The van der Waals surface area contributed by atoms with Gasteiger partial charge in [-0.05, 0) is 18.8 Å². The van der Waals surface area contributed by atoms with E-state index >= 15 is 0 Å². The SMILES string of the molecule is CCCCC(=O)N(C)C(CCc1nc(C=O)cs1)C(C)C. The van der Waals surface area contributed by atoms with Crippen LogP contribution < -0.4 is 0 Å². The summed E-state index contributed by atoms with van der Waals surface area (Å²) in [5.74, 6) is 0.634. The summed E-state index contributed by atoms with van der Waals surface area (Å²) in [7, 11) is 1.90. The summed E-state index contributed by atoms with van der Waals surface area (Å²) in [6.07, 6.45) is 5.09. The minimum Gasteiger partial charge on any atom is -0.343 e. The summed E-state index contributed by atoms with van der Waals surface area (Å²) < 4.78 is 0. The smallest absolute Gasteiger partial charge is 0.222 e. The van der Waals surface area contributed by atoms with Gasteiger partial charge in [0.05, 0.1) is 5.01 Å². The summed E-state index contributed by atoms with van der Waals surface area (Å²) in [5.41, 5.74) is 0.503. The second-order valence-electron chi connectivity index (χ2n) is 5.74. The maximum Gasteiger partial charge on any atom is 0.222 e. The fourth-order valence-electron chi connectivity index (χ4n) is 2.43. The van der Waals surface area contributed by atoms with Gasteiger partial charge >= 0.3 is 0 Å². The Bertz CT molecular complexity index is 457. The number of amides is 1. The summed E-state index contributed by atoms with van der Waals surface area (Å²) in [6, 6.07) is 0.220. The molecule has 1 aromatic rings. The second kappa shape index (κ2) is 8.93. The van der Waals surface area contributed by atoms with Crippen molar-refractivity contribution in [3.8, 4) is 0 Å². The molecular weight excluding hydrogens is 284 g/mol. The van der Waals surface area contributed by atoms with E-state index in [0.717, 1.165) is 37.0 Å². The predicted molar refractivity (Wildman–Crippen MR) is 86.7 cm³/mol. The van der Waals surface area contributed by atoms with E-state index in [9.17, 15) is 9.59 Å². The van der Waals surface area contributed by atoms with E-state index in [1.807, 2.05) is 11.9 Å². The fourth-order valence-corrected chi connectivity index (χ4v) is 3.19. The topological polar surface area (TPSA) is 50.3 Å². The number of aromatic nitrogens is 1. The van der Waals surface area contributed by atoms with Gasteiger partial charge in [0.15, 0.2) is 6.29 Å². The first-order chi connectivity index (χ1) is 9.99. The van der Waals surface area contributed by atoms with E-state index in [1.165, 1.54) is 11.3 Å². The number of unbranched alkanes of at least 4 members (excludes halogenated alkanes) is 1. The third kappa shape index (κ3) is 5.58. The molecule has 0 aliphatic heterocycles. The number of carbonyl (C=O) groups is 2. The number of rotatable bonds is 9. The van der Waals surface area contributed by atoms with Crippen molar-refractivity contribution >= 4 is 23.5 Å². The molecule has 0 spiro atoms. The number of aryl methyl sites for hydroxylation is 1. The number of hydrogen-bond acceptors (Lipinski definition) is 4. The molecule has 0 saturated carbocycles. The third-order valence-electron chi connectivity index (χ3n) is 3.75. The van der Waals surface area contributed by atoms with Crippen LogP contribution in [0.1, 0.15) is 62.0 Å². The van der Waals surface area contributed by atoms with Crippen molar-refractivity contribution in [2.45, 2.75) is 58.9 Å². The van der Waals surface area contributed by atoms with Crippen LogP contribution in [-0.2, 0) is 11.2 Å². The number of nitrogens with zero attached hydrogens (tertiary/aromatic N) is 2. The summed E-state index contributed by atoms with van der Waals surface area (Å²) in [5, 5.41) is 2.75. The zero-order valence-electron chi connectivity index (χ0n) is 13.5. The van der Waals surface area contributed by atoms with Crippen molar-refractivity contribution in [3.05, 3.63) is 16.1 Å². The van der Waals surface area contributed by atoms with E-state index in [4.69, 9.17) is 0 Å². The van der Waals surface area contributed by atoms with E-state index in [1.54, 1.807) is 5.38 Å². The van der Waals surface area contributed by atoms with E-state index < -0.39 is 0 Å². The van der Waals surface area contributed by atoms with Gasteiger partial charge in [0.25, 0.3) is 0 Å². The highest BCUT2D eigenvalue weighted by atomic mass is 32.1. The fraction of sp³-hybridized carbons (Fsp3) is 0.688. The van der Waals surface area contributed by atoms with Crippen LogP contribution in [-0.4, -0.2) is 35.2 Å². The first-order valence-electron chi connectivity index (χ1n) is 7.64. The lowest BCUT2D eigenvalue weighted by Crippen LogP contribution is -2.40. The highest BCUT2D eigenvalue weighted by molar-refractivity contribution is 7.09. The molecule has 1 aromatic heterocycles. The van der Waals surface area contributed by atoms with E-state index in [0.29, 0.717) is 18.0 Å². The summed E-state index contributed by atoms with van der Waals surface area (Å²) in [4.78, 5) is 29.0. The van der Waals surface area contributed by atoms with E-state index in [2.05, 4.69) is 25.8 Å². The minimum absolute atomic E-state index is 0.220. The van der Waals surface area contributed by atoms with Crippen molar-refractivity contribution in [3.63, 3.8) is 0 Å². The molecule has 0 fully saturated rings. The van der Waals surface area contributed by atoms with Gasteiger partial charge in [-0.3, -0.25) is 9.59 Å². The highest BCUT2D eigenvalue weighted by Crippen LogP contribution is 2.19. The van der Waals surface area contributed by atoms with Gasteiger partial charge in [-0.15, -0.1) is 11.3 Å². The second-order valence-corrected chi connectivity index (χ2v) is 6.68. The molecule has 21 heavy (non-hydrogen) atoms. The Morgan fingerprint density at radius 2 is 2.19 bits per heavy atom. The van der Waals surface area contributed by atoms with Gasteiger partial charge in [0.1, 0.15) is 5.69 Å². The normalized spacial score (nSPS) is 12.4. The molecule has 0 bridgehead atoms. The van der Waals surface area contributed by atoms with E-state index in [-0.39, 0.29) is 11.9 Å². The molecule has 1 unspecified atom stereocenters. The molecule has 4 nitrogen and oxygen atoms in total. The van der Waals surface area contributed by atoms with Crippen LogP contribution in [0.25, 0.3) is 0 Å². The predicted octanol–water partition coefficient (Wildman–Crippen LogP) is 3.56. The van der Waals surface area contributed by atoms with Crippen LogP contribution >= 0.6 is 11.3 Å². The quantitative estimate of drug-likeness (QED) is 0.655. The Hall–Kier alpha value is -1.23. The minimum atomic E-state index is 0.220. The maximum atomic E-state index is 12.2. The molecule has 1 amide bonds. The molecule has 1 rings (SSSR count). The van der Waals surface area contributed by atoms with Crippen LogP contribution in [0.3, 0.4) is 0 Å². The molecule has 0 aromatic carbocycles. The van der Waals surface area contributed by atoms with Gasteiger partial charge in [-0.1, -0.05) is 27.2 Å². The average Bonchev–Trinajstić information content (AvgIpc) is 2.92. The summed E-state index contributed by atoms with van der Waals surface area (Å²) >= 11 is 1.52. The largest absolute Gasteiger partial charge is 0.343 e. The average molecular weight is 310 g/mol. The monoisotopic (exact) mass is 310 g/mol. The molecule has 0 N–H and O–H groups in total. The van der Waals surface area contributed by atoms with Gasteiger partial charge < -0.3 is 4.90 Å². The Morgan fingerprint density at radius 3 is 2.71 bits per heavy atom. The van der Waals surface area contributed by atoms with Crippen molar-refractivity contribution < 1.29 is 9.59 Å². The lowest BCUT2D eigenvalue weighted by molar-refractivity contribution is -0.133. The van der Waals surface area contributed by atoms with Crippen molar-refractivity contribution in [1.82, 2.24) is 9.88 Å². The van der Waals surface area contributed by atoms with Gasteiger partial charge in [0.2, 0.25) is 5.91 Å². The van der Waals surface area contributed by atoms with Gasteiger partial charge in [0, 0.05) is 31.3 Å².